The summed E-state index contributed by atoms with van der Waals surface area (Å²) in [4.78, 5) is 11.3. The number of nitrogens with two attached hydrogens (primary N) is 1. The Hall–Kier alpha value is -1.13. The van der Waals surface area contributed by atoms with E-state index in [1.54, 1.807) is 0 Å². The summed E-state index contributed by atoms with van der Waals surface area (Å²) >= 11 is 5.80. The second-order valence-corrected chi connectivity index (χ2v) is 3.46. The van der Waals surface area contributed by atoms with Gasteiger partial charge in [-0.05, 0) is 23.8 Å². The minimum atomic E-state index is -0.402. The normalized spacial score (nSPS) is 10.1. The number of rotatable bonds is 4. The number of carbonyl (C=O) groups excluding carboxylic acids is 1. The van der Waals surface area contributed by atoms with Crippen LogP contribution in [0.3, 0.4) is 0 Å². The lowest BCUT2D eigenvalue weighted by Gasteiger charge is -2.05. The van der Waals surface area contributed by atoms with Crippen molar-refractivity contribution < 1.29 is 9.18 Å². The van der Waals surface area contributed by atoms with Gasteiger partial charge in [0.15, 0.2) is 0 Å². The van der Waals surface area contributed by atoms with Gasteiger partial charge in [0.2, 0.25) is 5.91 Å². The first-order valence-electron chi connectivity index (χ1n) is 4.54. The van der Waals surface area contributed by atoms with Gasteiger partial charge in [-0.25, -0.2) is 4.39 Å². The first kappa shape index (κ1) is 11.9. The summed E-state index contributed by atoms with van der Waals surface area (Å²) < 4.78 is 12.8. The number of amides is 1. The van der Waals surface area contributed by atoms with E-state index in [1.807, 2.05) is 0 Å². The number of hydrogen-bond acceptors (Lipinski definition) is 2. The Morgan fingerprint density at radius 3 is 2.93 bits per heavy atom. The predicted molar refractivity (Wildman–Crippen MR) is 57.2 cm³/mol. The Labute approximate surface area is 92.4 Å². The zero-order chi connectivity index (χ0) is 11.3. The van der Waals surface area contributed by atoms with E-state index < -0.39 is 5.82 Å². The molecule has 0 bridgehead atoms. The lowest BCUT2D eigenvalue weighted by molar-refractivity contribution is -0.120. The van der Waals surface area contributed by atoms with Crippen LogP contribution in [0.2, 0.25) is 5.02 Å². The molecular weight excluding hydrogens is 219 g/mol. The van der Waals surface area contributed by atoms with E-state index in [4.69, 9.17) is 17.3 Å². The molecule has 0 saturated carbocycles. The van der Waals surface area contributed by atoms with E-state index in [1.165, 1.54) is 18.2 Å². The van der Waals surface area contributed by atoms with Crippen LogP contribution in [0.4, 0.5) is 4.39 Å². The van der Waals surface area contributed by atoms with Gasteiger partial charge in [-0.1, -0.05) is 11.6 Å². The monoisotopic (exact) mass is 230 g/mol. The van der Waals surface area contributed by atoms with Gasteiger partial charge in [-0.15, -0.1) is 0 Å². The molecule has 0 unspecified atom stereocenters. The standard InChI is InChI=1S/C10H12ClFN2O/c11-9-2-1-8(12)5-7(9)6-10(15)14-4-3-13/h1-2,5H,3-4,6,13H2,(H,14,15). The van der Waals surface area contributed by atoms with Crippen LogP contribution in [0.25, 0.3) is 0 Å². The van der Waals surface area contributed by atoms with Crippen molar-refractivity contribution in [2.24, 2.45) is 5.73 Å². The van der Waals surface area contributed by atoms with Crippen LogP contribution in [0, 0.1) is 5.82 Å². The van der Waals surface area contributed by atoms with Crippen molar-refractivity contribution in [2.75, 3.05) is 13.1 Å². The molecule has 82 valence electrons. The van der Waals surface area contributed by atoms with Gasteiger partial charge in [0, 0.05) is 18.1 Å². The van der Waals surface area contributed by atoms with Crippen molar-refractivity contribution in [3.8, 4) is 0 Å². The molecule has 0 aromatic heterocycles. The summed E-state index contributed by atoms with van der Waals surface area (Å²) in [7, 11) is 0. The Kier molecular flexibility index (Phi) is 4.52. The van der Waals surface area contributed by atoms with Gasteiger partial charge >= 0.3 is 0 Å². The second kappa shape index (κ2) is 5.68. The van der Waals surface area contributed by atoms with Crippen LogP contribution < -0.4 is 11.1 Å². The summed E-state index contributed by atoms with van der Waals surface area (Å²) in [5.74, 6) is -0.617. The van der Waals surface area contributed by atoms with Gasteiger partial charge < -0.3 is 11.1 Å². The predicted octanol–water partition coefficient (Wildman–Crippen LogP) is 1.10. The highest BCUT2D eigenvalue weighted by Gasteiger charge is 2.07. The maximum atomic E-state index is 12.8. The molecule has 0 saturated heterocycles. The molecule has 0 atom stereocenters. The van der Waals surface area contributed by atoms with Crippen molar-refractivity contribution in [3.63, 3.8) is 0 Å². The first-order valence-corrected chi connectivity index (χ1v) is 4.92. The molecule has 0 spiro atoms. The summed E-state index contributed by atoms with van der Waals surface area (Å²) in [6.45, 7) is 0.786. The zero-order valence-electron chi connectivity index (χ0n) is 8.09. The van der Waals surface area contributed by atoms with Crippen molar-refractivity contribution in [1.82, 2.24) is 5.32 Å². The molecule has 1 rings (SSSR count). The van der Waals surface area contributed by atoms with Crippen molar-refractivity contribution in [2.45, 2.75) is 6.42 Å². The van der Waals surface area contributed by atoms with Crippen LogP contribution in [0.1, 0.15) is 5.56 Å². The zero-order valence-corrected chi connectivity index (χ0v) is 8.85. The van der Waals surface area contributed by atoms with Gasteiger partial charge in [-0.3, -0.25) is 4.79 Å². The van der Waals surface area contributed by atoms with Crippen LogP contribution in [0.15, 0.2) is 18.2 Å². The van der Waals surface area contributed by atoms with Crippen molar-refractivity contribution in [3.05, 3.63) is 34.6 Å². The van der Waals surface area contributed by atoms with Crippen LogP contribution in [-0.4, -0.2) is 19.0 Å². The minimum Gasteiger partial charge on any atom is -0.355 e. The fourth-order valence-corrected chi connectivity index (χ4v) is 1.31. The quantitative estimate of drug-likeness (QED) is 0.814. The maximum Gasteiger partial charge on any atom is 0.224 e. The number of carbonyl (C=O) groups is 1. The summed E-state index contributed by atoms with van der Waals surface area (Å²) in [5.41, 5.74) is 5.70. The largest absolute Gasteiger partial charge is 0.355 e. The molecule has 0 aliphatic rings. The Morgan fingerprint density at radius 2 is 2.27 bits per heavy atom. The van der Waals surface area contributed by atoms with Crippen LogP contribution in [-0.2, 0) is 11.2 Å². The molecule has 0 heterocycles. The summed E-state index contributed by atoms with van der Waals surface area (Å²) in [6, 6.07) is 3.94. The topological polar surface area (TPSA) is 55.1 Å². The Bertz CT molecular complexity index is 357. The highest BCUT2D eigenvalue weighted by atomic mass is 35.5. The van der Waals surface area contributed by atoms with Gasteiger partial charge in [-0.2, -0.15) is 0 Å². The smallest absolute Gasteiger partial charge is 0.224 e. The van der Waals surface area contributed by atoms with Crippen molar-refractivity contribution >= 4 is 17.5 Å². The lowest BCUT2D eigenvalue weighted by Crippen LogP contribution is -2.30. The van der Waals surface area contributed by atoms with E-state index in [0.717, 1.165) is 0 Å². The van der Waals surface area contributed by atoms with Gasteiger partial charge in [0.1, 0.15) is 5.82 Å². The molecule has 0 fully saturated rings. The average Bonchev–Trinajstić information content (AvgIpc) is 2.20. The van der Waals surface area contributed by atoms with E-state index in [9.17, 15) is 9.18 Å². The molecular formula is C10H12ClFN2O. The molecule has 0 radical (unpaired) electrons. The van der Waals surface area contributed by atoms with E-state index in [-0.39, 0.29) is 12.3 Å². The highest BCUT2D eigenvalue weighted by molar-refractivity contribution is 6.31. The SMILES string of the molecule is NCCNC(=O)Cc1cc(F)ccc1Cl. The molecule has 1 aromatic carbocycles. The highest BCUT2D eigenvalue weighted by Crippen LogP contribution is 2.17. The fourth-order valence-electron chi connectivity index (χ4n) is 1.13. The minimum absolute atomic E-state index is 0.0661. The average molecular weight is 231 g/mol. The van der Waals surface area contributed by atoms with E-state index in [2.05, 4.69) is 5.32 Å². The molecule has 0 aliphatic heterocycles. The number of benzene rings is 1. The molecule has 0 aliphatic carbocycles. The van der Waals surface area contributed by atoms with Crippen LogP contribution in [0.5, 0.6) is 0 Å². The first-order chi connectivity index (χ1) is 7.13. The third kappa shape index (κ3) is 3.85. The van der Waals surface area contributed by atoms with Gasteiger partial charge in [0.25, 0.3) is 0 Å². The van der Waals surface area contributed by atoms with E-state index >= 15 is 0 Å². The number of hydrogen-bond donors (Lipinski definition) is 2. The Morgan fingerprint density at radius 1 is 1.53 bits per heavy atom. The maximum absolute atomic E-state index is 12.8. The molecule has 15 heavy (non-hydrogen) atoms. The molecule has 3 N–H and O–H groups in total. The van der Waals surface area contributed by atoms with E-state index in [0.29, 0.717) is 23.7 Å². The molecule has 1 aromatic rings. The third-order valence-corrected chi connectivity index (χ3v) is 2.19. The van der Waals surface area contributed by atoms with Crippen LogP contribution >= 0.6 is 11.6 Å². The molecule has 1 amide bonds. The molecule has 3 nitrogen and oxygen atoms in total. The second-order valence-electron chi connectivity index (χ2n) is 3.05. The molecule has 5 heteroatoms. The van der Waals surface area contributed by atoms with Gasteiger partial charge in [0.05, 0.1) is 6.42 Å². The lowest BCUT2D eigenvalue weighted by atomic mass is 10.1. The summed E-state index contributed by atoms with van der Waals surface area (Å²) in [6.07, 6.45) is 0.0661. The van der Waals surface area contributed by atoms with Crippen molar-refractivity contribution in [1.29, 1.82) is 0 Å². The fraction of sp³-hybridized carbons (Fsp3) is 0.300. The summed E-state index contributed by atoms with van der Waals surface area (Å²) in [5, 5.41) is 2.97. The third-order valence-electron chi connectivity index (χ3n) is 1.83. The number of halogens is 2. The Balaban J connectivity index is 2.63. The number of nitrogens with one attached hydrogen (secondary N) is 1.